The van der Waals surface area contributed by atoms with E-state index in [1.165, 1.54) is 0 Å². The summed E-state index contributed by atoms with van der Waals surface area (Å²) in [7, 11) is 0. The number of rotatable bonds is 3. The summed E-state index contributed by atoms with van der Waals surface area (Å²) in [5.41, 5.74) is 7.89. The third-order valence-corrected chi connectivity index (χ3v) is 3.05. The Bertz CT molecular complexity index is 734. The predicted molar refractivity (Wildman–Crippen MR) is 71.6 cm³/mol. The van der Waals surface area contributed by atoms with E-state index in [9.17, 15) is 4.79 Å². The molecule has 0 unspecified atom stereocenters. The third kappa shape index (κ3) is 2.06. The minimum absolute atomic E-state index is 0.432. The highest BCUT2D eigenvalue weighted by Gasteiger charge is 2.12. The van der Waals surface area contributed by atoms with Gasteiger partial charge in [-0.15, -0.1) is 0 Å². The van der Waals surface area contributed by atoms with Gasteiger partial charge in [0.15, 0.2) is 0 Å². The van der Waals surface area contributed by atoms with E-state index in [4.69, 9.17) is 5.73 Å². The molecule has 0 fully saturated rings. The smallest absolute Gasteiger partial charge is 0.265 e. The van der Waals surface area contributed by atoms with E-state index in [2.05, 4.69) is 10.2 Å². The first-order valence-electron chi connectivity index (χ1n) is 5.89. The van der Waals surface area contributed by atoms with Crippen molar-refractivity contribution >= 4 is 16.8 Å². The zero-order valence-electron chi connectivity index (χ0n) is 10.2. The van der Waals surface area contributed by atoms with Crippen molar-refractivity contribution in [1.29, 1.82) is 0 Å². The highest BCUT2D eigenvalue weighted by Crippen LogP contribution is 2.20. The molecule has 3 aromatic rings. The van der Waals surface area contributed by atoms with Gasteiger partial charge in [0.05, 0.1) is 6.20 Å². The molecule has 0 saturated carbocycles. The van der Waals surface area contributed by atoms with Crippen LogP contribution < -0.4 is 5.73 Å². The van der Waals surface area contributed by atoms with Gasteiger partial charge in [0.25, 0.3) is 5.91 Å². The lowest BCUT2D eigenvalue weighted by molar-refractivity contribution is 0.0992. The standard InChI is InChI=1S/C14H12N4O/c15-14(19)13-7-11-3-1-2-4-12(11)18(13)9-10-5-6-16-17-8-10/h1-8H,9H2,(H2,15,19). The minimum Gasteiger partial charge on any atom is -0.364 e. The van der Waals surface area contributed by atoms with Crippen LogP contribution in [-0.4, -0.2) is 20.7 Å². The maximum Gasteiger partial charge on any atom is 0.265 e. The summed E-state index contributed by atoms with van der Waals surface area (Å²) in [6, 6.07) is 11.5. The van der Waals surface area contributed by atoms with Crippen LogP contribution in [0.25, 0.3) is 10.9 Å². The van der Waals surface area contributed by atoms with Gasteiger partial charge >= 0.3 is 0 Å². The van der Waals surface area contributed by atoms with Crippen LogP contribution in [0.2, 0.25) is 0 Å². The number of hydrogen-bond donors (Lipinski definition) is 1. The Morgan fingerprint density at radius 2 is 2.05 bits per heavy atom. The van der Waals surface area contributed by atoms with Gasteiger partial charge < -0.3 is 10.3 Å². The maximum atomic E-state index is 11.6. The lowest BCUT2D eigenvalue weighted by atomic mass is 10.2. The van der Waals surface area contributed by atoms with Crippen molar-refractivity contribution in [2.24, 2.45) is 5.73 Å². The van der Waals surface area contributed by atoms with E-state index in [0.29, 0.717) is 12.2 Å². The Morgan fingerprint density at radius 3 is 2.79 bits per heavy atom. The zero-order chi connectivity index (χ0) is 13.2. The van der Waals surface area contributed by atoms with Gasteiger partial charge in [-0.1, -0.05) is 18.2 Å². The quantitative estimate of drug-likeness (QED) is 0.769. The molecule has 0 bridgehead atoms. The fourth-order valence-corrected chi connectivity index (χ4v) is 2.18. The predicted octanol–water partition coefficient (Wildman–Crippen LogP) is 1.58. The van der Waals surface area contributed by atoms with Crippen molar-refractivity contribution in [3.63, 3.8) is 0 Å². The summed E-state index contributed by atoms with van der Waals surface area (Å²) in [5, 5.41) is 8.58. The third-order valence-electron chi connectivity index (χ3n) is 3.05. The molecule has 2 aromatic heterocycles. The summed E-state index contributed by atoms with van der Waals surface area (Å²) in [4.78, 5) is 11.6. The average Bonchev–Trinajstić information content (AvgIpc) is 2.79. The minimum atomic E-state index is -0.432. The molecule has 0 spiro atoms. The molecular weight excluding hydrogens is 240 g/mol. The zero-order valence-corrected chi connectivity index (χ0v) is 10.2. The number of aromatic nitrogens is 3. The van der Waals surface area contributed by atoms with Gasteiger partial charge in [-0.05, 0) is 23.8 Å². The van der Waals surface area contributed by atoms with Crippen LogP contribution in [0.3, 0.4) is 0 Å². The molecule has 19 heavy (non-hydrogen) atoms. The summed E-state index contributed by atoms with van der Waals surface area (Å²) >= 11 is 0. The van der Waals surface area contributed by atoms with Crippen molar-refractivity contribution in [3.05, 3.63) is 60.0 Å². The number of hydrogen-bond acceptors (Lipinski definition) is 3. The number of nitrogens with zero attached hydrogens (tertiary/aromatic N) is 3. The first-order chi connectivity index (χ1) is 9.25. The van der Waals surface area contributed by atoms with Crippen LogP contribution in [0.5, 0.6) is 0 Å². The molecule has 94 valence electrons. The molecule has 0 aliphatic heterocycles. The van der Waals surface area contributed by atoms with Crippen LogP contribution in [-0.2, 0) is 6.54 Å². The molecule has 3 rings (SSSR count). The van der Waals surface area contributed by atoms with E-state index in [0.717, 1.165) is 16.5 Å². The first kappa shape index (κ1) is 11.4. The van der Waals surface area contributed by atoms with Crippen LogP contribution in [0.15, 0.2) is 48.8 Å². The summed E-state index contributed by atoms with van der Waals surface area (Å²) < 4.78 is 1.90. The molecule has 5 heteroatoms. The molecule has 0 radical (unpaired) electrons. The molecule has 1 amide bonds. The molecule has 0 aliphatic rings. The van der Waals surface area contributed by atoms with Crippen molar-refractivity contribution < 1.29 is 4.79 Å². The second kappa shape index (κ2) is 4.53. The number of fused-ring (bicyclic) bond motifs is 1. The molecule has 1 aromatic carbocycles. The first-order valence-corrected chi connectivity index (χ1v) is 5.89. The number of para-hydroxylation sites is 1. The lowest BCUT2D eigenvalue weighted by Gasteiger charge is -2.08. The van der Waals surface area contributed by atoms with E-state index >= 15 is 0 Å². The number of nitrogens with two attached hydrogens (primary N) is 1. The normalized spacial score (nSPS) is 10.7. The van der Waals surface area contributed by atoms with Gasteiger partial charge in [0.1, 0.15) is 5.69 Å². The number of carbonyl (C=O) groups excluding carboxylic acids is 1. The fraction of sp³-hybridized carbons (Fsp3) is 0.0714. The summed E-state index contributed by atoms with van der Waals surface area (Å²) in [6.07, 6.45) is 3.31. The van der Waals surface area contributed by atoms with Crippen LogP contribution in [0.1, 0.15) is 16.1 Å². The SMILES string of the molecule is NC(=O)c1cc2ccccc2n1Cc1ccnnc1. The van der Waals surface area contributed by atoms with Crippen molar-refractivity contribution in [1.82, 2.24) is 14.8 Å². The number of benzene rings is 1. The van der Waals surface area contributed by atoms with Gasteiger partial charge in [-0.25, -0.2) is 0 Å². The second-order valence-corrected chi connectivity index (χ2v) is 4.29. The molecule has 0 atom stereocenters. The van der Waals surface area contributed by atoms with E-state index in [1.54, 1.807) is 12.4 Å². The highest BCUT2D eigenvalue weighted by molar-refractivity contribution is 5.97. The molecule has 0 aliphatic carbocycles. The Labute approximate surface area is 109 Å². The van der Waals surface area contributed by atoms with E-state index in [1.807, 2.05) is 41.0 Å². The Morgan fingerprint density at radius 1 is 1.21 bits per heavy atom. The Balaban J connectivity index is 2.15. The summed E-state index contributed by atoms with van der Waals surface area (Å²) in [5.74, 6) is -0.432. The molecular formula is C14H12N4O. The van der Waals surface area contributed by atoms with Gasteiger partial charge in [-0.3, -0.25) is 4.79 Å². The Hall–Kier alpha value is -2.69. The van der Waals surface area contributed by atoms with E-state index < -0.39 is 5.91 Å². The summed E-state index contributed by atoms with van der Waals surface area (Å²) in [6.45, 7) is 0.543. The van der Waals surface area contributed by atoms with Crippen molar-refractivity contribution in [2.45, 2.75) is 6.54 Å². The van der Waals surface area contributed by atoms with Gasteiger partial charge in [0.2, 0.25) is 0 Å². The van der Waals surface area contributed by atoms with Gasteiger partial charge in [-0.2, -0.15) is 10.2 Å². The molecule has 2 heterocycles. The number of amides is 1. The molecule has 0 saturated heterocycles. The fourth-order valence-electron chi connectivity index (χ4n) is 2.18. The van der Waals surface area contributed by atoms with E-state index in [-0.39, 0.29) is 0 Å². The molecule has 5 nitrogen and oxygen atoms in total. The molecule has 2 N–H and O–H groups in total. The van der Waals surface area contributed by atoms with Crippen LogP contribution in [0.4, 0.5) is 0 Å². The van der Waals surface area contributed by atoms with Crippen LogP contribution >= 0.6 is 0 Å². The van der Waals surface area contributed by atoms with Gasteiger partial charge in [0, 0.05) is 23.6 Å². The Kier molecular flexibility index (Phi) is 2.72. The van der Waals surface area contributed by atoms with Crippen molar-refractivity contribution in [2.75, 3.05) is 0 Å². The average molecular weight is 252 g/mol. The monoisotopic (exact) mass is 252 g/mol. The highest BCUT2D eigenvalue weighted by atomic mass is 16.1. The number of primary amides is 1. The topological polar surface area (TPSA) is 73.8 Å². The second-order valence-electron chi connectivity index (χ2n) is 4.29. The lowest BCUT2D eigenvalue weighted by Crippen LogP contribution is -2.17. The number of carbonyl (C=O) groups is 1. The maximum absolute atomic E-state index is 11.6. The largest absolute Gasteiger partial charge is 0.364 e. The van der Waals surface area contributed by atoms with Crippen molar-refractivity contribution in [3.8, 4) is 0 Å². The van der Waals surface area contributed by atoms with Crippen LogP contribution in [0, 0.1) is 0 Å².